The third-order valence-electron chi connectivity index (χ3n) is 15.6. The van der Waals surface area contributed by atoms with Crippen LogP contribution in [0.2, 0.25) is 0 Å². The molecule has 3 aliphatic rings. The Morgan fingerprint density at radius 3 is 1.29 bits per heavy atom. The molecule has 0 unspecified atom stereocenters. The standard InChI is InChI=1S/C61H63N/c1-57(2)34-36-59(5,6)55-45(21-16-24-51(55)57)40-26-28-42(29-27-40)48-38-49-47-20-14-15-23-50(47)61(9,10)53(49)39-54(48)62(43-18-12-11-13-19-43)44-32-30-41(31-33-44)46-22-17-25-52-56(46)60(7,8)37-35-58(52,3)4/h11-33,38-39H,34-37H2,1-10H3. The summed E-state index contributed by atoms with van der Waals surface area (Å²) in [5.41, 5.74) is 23.1. The van der Waals surface area contributed by atoms with Crippen molar-refractivity contribution in [1.29, 1.82) is 0 Å². The molecule has 1 heteroatoms. The van der Waals surface area contributed by atoms with Gasteiger partial charge in [0.1, 0.15) is 0 Å². The zero-order valence-corrected chi connectivity index (χ0v) is 38.7. The van der Waals surface area contributed by atoms with Crippen LogP contribution in [0.4, 0.5) is 17.1 Å². The van der Waals surface area contributed by atoms with Crippen molar-refractivity contribution in [2.45, 2.75) is 122 Å². The first-order chi connectivity index (χ1) is 29.5. The second kappa shape index (κ2) is 14.2. The summed E-state index contributed by atoms with van der Waals surface area (Å²) in [4.78, 5) is 2.50. The van der Waals surface area contributed by atoms with E-state index in [-0.39, 0.29) is 27.1 Å². The van der Waals surface area contributed by atoms with Gasteiger partial charge >= 0.3 is 0 Å². The van der Waals surface area contributed by atoms with Gasteiger partial charge in [0.05, 0.1) is 5.69 Å². The van der Waals surface area contributed by atoms with Crippen LogP contribution in [0.5, 0.6) is 0 Å². The van der Waals surface area contributed by atoms with Gasteiger partial charge < -0.3 is 4.90 Å². The highest BCUT2D eigenvalue weighted by Gasteiger charge is 2.41. The van der Waals surface area contributed by atoms with Gasteiger partial charge in [-0.2, -0.15) is 0 Å². The van der Waals surface area contributed by atoms with E-state index in [2.05, 4.69) is 226 Å². The van der Waals surface area contributed by atoms with E-state index < -0.39 is 0 Å². The molecule has 0 heterocycles. The molecule has 0 radical (unpaired) electrons. The molecule has 1 nitrogen and oxygen atoms in total. The normalized spacial score (nSPS) is 18.2. The molecule has 0 fully saturated rings. The quantitative estimate of drug-likeness (QED) is 0.162. The molecule has 312 valence electrons. The van der Waals surface area contributed by atoms with Gasteiger partial charge in [0.25, 0.3) is 0 Å². The van der Waals surface area contributed by atoms with Crippen molar-refractivity contribution in [2.75, 3.05) is 4.90 Å². The molecule has 0 spiro atoms. The fourth-order valence-electron chi connectivity index (χ4n) is 11.7. The summed E-state index contributed by atoms with van der Waals surface area (Å²) in [6.07, 6.45) is 4.80. The van der Waals surface area contributed by atoms with Crippen LogP contribution >= 0.6 is 0 Å². The number of hydrogen-bond acceptors (Lipinski definition) is 1. The van der Waals surface area contributed by atoms with Crippen molar-refractivity contribution in [2.24, 2.45) is 0 Å². The Morgan fingerprint density at radius 2 is 0.742 bits per heavy atom. The van der Waals surface area contributed by atoms with Crippen molar-refractivity contribution < 1.29 is 0 Å². The summed E-state index contributed by atoms with van der Waals surface area (Å²) in [7, 11) is 0. The molecule has 10 rings (SSSR count). The van der Waals surface area contributed by atoms with Crippen LogP contribution in [0.1, 0.15) is 128 Å². The smallest absolute Gasteiger partial charge is 0.0543 e. The third-order valence-corrected chi connectivity index (χ3v) is 15.6. The van der Waals surface area contributed by atoms with E-state index in [1.807, 2.05) is 0 Å². The van der Waals surface area contributed by atoms with Crippen LogP contribution in [0, 0.1) is 0 Å². The molecule has 0 amide bonds. The van der Waals surface area contributed by atoms with Crippen molar-refractivity contribution in [1.82, 2.24) is 0 Å². The zero-order chi connectivity index (χ0) is 43.4. The number of rotatable bonds is 6. The molecule has 0 N–H and O–H groups in total. The first-order valence-electron chi connectivity index (χ1n) is 23.1. The van der Waals surface area contributed by atoms with Gasteiger partial charge in [-0.15, -0.1) is 0 Å². The molecular weight excluding hydrogens is 747 g/mol. The van der Waals surface area contributed by atoms with Crippen molar-refractivity contribution in [3.05, 3.63) is 185 Å². The van der Waals surface area contributed by atoms with Crippen LogP contribution in [-0.4, -0.2) is 0 Å². The Kier molecular flexibility index (Phi) is 9.24. The summed E-state index contributed by atoms with van der Waals surface area (Å²) in [6, 6.07) is 58.0. The van der Waals surface area contributed by atoms with Gasteiger partial charge in [-0.1, -0.05) is 184 Å². The Bertz CT molecular complexity index is 2850. The topological polar surface area (TPSA) is 3.24 Å². The van der Waals surface area contributed by atoms with E-state index in [0.717, 1.165) is 11.4 Å². The maximum atomic E-state index is 2.51. The van der Waals surface area contributed by atoms with Gasteiger partial charge in [0.15, 0.2) is 0 Å². The molecule has 0 atom stereocenters. The number of benzene rings is 7. The zero-order valence-electron chi connectivity index (χ0n) is 38.7. The largest absolute Gasteiger partial charge is 0.310 e. The van der Waals surface area contributed by atoms with Gasteiger partial charge in [-0.05, 0) is 156 Å². The lowest BCUT2D eigenvalue weighted by atomic mass is 9.61. The van der Waals surface area contributed by atoms with Crippen LogP contribution in [0.15, 0.2) is 152 Å². The average molecular weight is 810 g/mol. The third kappa shape index (κ3) is 6.41. The summed E-state index contributed by atoms with van der Waals surface area (Å²) in [5, 5.41) is 0. The fraction of sp³-hybridized carbons (Fsp3) is 0.311. The Balaban J connectivity index is 1.15. The van der Waals surface area contributed by atoms with Gasteiger partial charge in [-0.25, -0.2) is 0 Å². The van der Waals surface area contributed by atoms with E-state index in [4.69, 9.17) is 0 Å². The maximum Gasteiger partial charge on any atom is 0.0543 e. The lowest BCUT2D eigenvalue weighted by Gasteiger charge is -2.43. The Labute approximate surface area is 371 Å². The molecule has 0 saturated carbocycles. The van der Waals surface area contributed by atoms with Gasteiger partial charge in [-0.3, -0.25) is 0 Å². The minimum absolute atomic E-state index is 0.113. The second-order valence-corrected chi connectivity index (χ2v) is 21.9. The molecule has 0 saturated heterocycles. The van der Waals surface area contributed by atoms with Crippen molar-refractivity contribution in [3.63, 3.8) is 0 Å². The monoisotopic (exact) mass is 809 g/mol. The van der Waals surface area contributed by atoms with E-state index >= 15 is 0 Å². The minimum Gasteiger partial charge on any atom is -0.310 e. The summed E-state index contributed by atoms with van der Waals surface area (Å²) >= 11 is 0. The number of nitrogens with zero attached hydrogens (tertiary/aromatic N) is 1. The predicted octanol–water partition coefficient (Wildman–Crippen LogP) is 17.2. The minimum atomic E-state index is -0.144. The molecule has 0 bridgehead atoms. The first-order valence-corrected chi connectivity index (χ1v) is 23.1. The fourth-order valence-corrected chi connectivity index (χ4v) is 11.7. The SMILES string of the molecule is CC1(C)CCC(C)(C)c2c(-c3ccc(-c4cc5c(cc4N(c4ccccc4)c4ccc(-c6cccc7c6C(C)(C)CCC7(C)C)cc4)C(C)(C)c4ccccc4-5)cc3)cccc21. The molecular formula is C61H63N. The van der Waals surface area contributed by atoms with Crippen molar-refractivity contribution in [3.8, 4) is 44.5 Å². The summed E-state index contributed by atoms with van der Waals surface area (Å²) in [6.45, 7) is 24.2. The molecule has 62 heavy (non-hydrogen) atoms. The number of fused-ring (bicyclic) bond motifs is 5. The molecule has 0 aromatic heterocycles. The van der Waals surface area contributed by atoms with Crippen LogP contribution in [0.25, 0.3) is 44.5 Å². The van der Waals surface area contributed by atoms with E-state index in [0.29, 0.717) is 0 Å². The van der Waals surface area contributed by atoms with E-state index in [1.165, 1.54) is 109 Å². The molecule has 0 aliphatic heterocycles. The average Bonchev–Trinajstić information content (AvgIpc) is 3.49. The number of para-hydroxylation sites is 1. The molecule has 3 aliphatic carbocycles. The highest BCUT2D eigenvalue weighted by atomic mass is 15.1. The summed E-state index contributed by atoms with van der Waals surface area (Å²) < 4.78 is 0. The predicted molar refractivity (Wildman–Crippen MR) is 266 cm³/mol. The van der Waals surface area contributed by atoms with Crippen LogP contribution in [-0.2, 0) is 27.1 Å². The van der Waals surface area contributed by atoms with Crippen molar-refractivity contribution >= 4 is 17.1 Å². The first kappa shape index (κ1) is 40.4. The second-order valence-electron chi connectivity index (χ2n) is 21.9. The highest BCUT2D eigenvalue weighted by Crippen LogP contribution is 2.55. The van der Waals surface area contributed by atoms with Crippen LogP contribution in [0.3, 0.4) is 0 Å². The van der Waals surface area contributed by atoms with E-state index in [9.17, 15) is 0 Å². The summed E-state index contributed by atoms with van der Waals surface area (Å²) in [5.74, 6) is 0. The maximum absolute atomic E-state index is 2.51. The lowest BCUT2D eigenvalue weighted by Crippen LogP contribution is -2.34. The Morgan fingerprint density at radius 1 is 0.323 bits per heavy atom. The van der Waals surface area contributed by atoms with Gasteiger partial charge in [0.2, 0.25) is 0 Å². The molecule has 7 aromatic rings. The van der Waals surface area contributed by atoms with Crippen LogP contribution < -0.4 is 4.90 Å². The van der Waals surface area contributed by atoms with E-state index in [1.54, 1.807) is 0 Å². The lowest BCUT2D eigenvalue weighted by molar-refractivity contribution is 0.333. The number of hydrogen-bond donors (Lipinski definition) is 0. The molecule has 7 aromatic carbocycles. The Hall–Kier alpha value is -5.66. The number of anilines is 3. The van der Waals surface area contributed by atoms with Gasteiger partial charge in [0, 0.05) is 22.4 Å². The highest BCUT2D eigenvalue weighted by molar-refractivity contribution is 5.95.